The molecule has 0 aromatic heterocycles. The van der Waals surface area contributed by atoms with Crippen LogP contribution in [0.5, 0.6) is 0 Å². The summed E-state index contributed by atoms with van der Waals surface area (Å²) in [5.74, 6) is -0.910. The SMILES string of the molecule is CC/C=C\C/C=C\C/C=C\C/C=C\C/C=C\C/C=C\C/C=C\C/C=C\C/C=C\CCCCCCCC(=O)OCC(COC(=O)CCCCCCCCCCCCCCC)OC(=O)CCCCCCCCC/C=C\C/C=C\CCCCC. The minimum absolute atomic E-state index is 0.0877. The fourth-order valence-electron chi connectivity index (χ4n) is 9.11. The lowest BCUT2D eigenvalue weighted by atomic mass is 10.0. The van der Waals surface area contributed by atoms with E-state index in [-0.39, 0.29) is 31.1 Å². The van der Waals surface area contributed by atoms with Gasteiger partial charge in [0.1, 0.15) is 13.2 Å². The molecule has 0 radical (unpaired) electrons. The highest BCUT2D eigenvalue weighted by Crippen LogP contribution is 2.16. The minimum Gasteiger partial charge on any atom is -0.462 e. The van der Waals surface area contributed by atoms with Crippen molar-refractivity contribution < 1.29 is 28.6 Å². The van der Waals surface area contributed by atoms with Crippen LogP contribution in [0.25, 0.3) is 0 Å². The Balaban J connectivity index is 4.34. The van der Waals surface area contributed by atoms with Gasteiger partial charge >= 0.3 is 17.9 Å². The van der Waals surface area contributed by atoms with Crippen LogP contribution < -0.4 is 0 Å². The van der Waals surface area contributed by atoms with Crippen molar-refractivity contribution in [2.45, 2.75) is 309 Å². The van der Waals surface area contributed by atoms with E-state index in [9.17, 15) is 14.4 Å². The molecule has 0 bridgehead atoms. The molecule has 0 aliphatic carbocycles. The predicted octanol–water partition coefficient (Wildman–Crippen LogP) is 23.3. The summed E-state index contributed by atoms with van der Waals surface area (Å²) >= 11 is 0. The van der Waals surface area contributed by atoms with E-state index in [0.29, 0.717) is 19.3 Å². The molecule has 1 unspecified atom stereocenters. The summed E-state index contributed by atoms with van der Waals surface area (Å²) in [5, 5.41) is 0. The number of hydrogen-bond acceptors (Lipinski definition) is 6. The van der Waals surface area contributed by atoms with Crippen LogP contribution in [0, 0.1) is 0 Å². The fraction of sp³-hybridized carbons (Fsp3) is 0.667. The van der Waals surface area contributed by atoms with Gasteiger partial charge in [-0.15, -0.1) is 0 Å². The summed E-state index contributed by atoms with van der Waals surface area (Å²) in [6.07, 6.45) is 96.0. The standard InChI is InChI=1S/C75H124O6/c1-4-7-10-13-16-19-22-25-27-29-30-31-32-33-34-35-36-37-38-39-40-41-42-43-44-46-47-50-53-56-59-62-65-68-74(77)80-71-72(70-79-73(76)67-64-61-58-55-52-49-24-21-18-15-12-9-6-3)81-75(78)69-66-63-60-57-54-51-48-45-28-26-23-20-17-14-11-8-5-2/h7,10,16-17,19-20,25-28,30-31,33-34,36-37,39-40,42-43,46-47,72H,4-6,8-9,11-15,18,21-24,29,32,35,38,41,44-45,48-71H2,1-3H3/b10-7-,19-16-,20-17-,27-25-,28-26-,31-30-,34-33-,37-36-,40-39-,43-42-,47-46-. The molecule has 0 amide bonds. The average Bonchev–Trinajstić information content (AvgIpc) is 3.46. The molecular weight excluding hydrogens is 997 g/mol. The molecule has 0 saturated carbocycles. The molecule has 0 N–H and O–H groups in total. The lowest BCUT2D eigenvalue weighted by Gasteiger charge is -2.18. The number of esters is 3. The average molecular weight is 1120 g/mol. The molecule has 81 heavy (non-hydrogen) atoms. The molecule has 0 aromatic carbocycles. The van der Waals surface area contributed by atoms with E-state index in [1.54, 1.807) is 0 Å². The fourth-order valence-corrected chi connectivity index (χ4v) is 9.11. The van der Waals surface area contributed by atoms with E-state index in [4.69, 9.17) is 14.2 Å². The molecule has 0 rings (SSSR count). The maximum atomic E-state index is 12.9. The zero-order valence-corrected chi connectivity index (χ0v) is 52.8. The summed E-state index contributed by atoms with van der Waals surface area (Å²) in [4.78, 5) is 38.3. The van der Waals surface area contributed by atoms with Gasteiger partial charge in [0.25, 0.3) is 0 Å². The first-order valence-corrected chi connectivity index (χ1v) is 33.7. The van der Waals surface area contributed by atoms with Crippen LogP contribution in [0.3, 0.4) is 0 Å². The van der Waals surface area contributed by atoms with Gasteiger partial charge in [0.15, 0.2) is 6.10 Å². The highest BCUT2D eigenvalue weighted by molar-refractivity contribution is 5.71. The summed E-state index contributed by atoms with van der Waals surface area (Å²) < 4.78 is 16.9. The second kappa shape index (κ2) is 68.1. The third-order valence-corrected chi connectivity index (χ3v) is 14.1. The molecule has 1 atom stereocenters. The van der Waals surface area contributed by atoms with Crippen molar-refractivity contribution in [3.63, 3.8) is 0 Å². The number of unbranched alkanes of at least 4 members (excludes halogenated alkanes) is 27. The van der Waals surface area contributed by atoms with Crippen LogP contribution in [0.1, 0.15) is 303 Å². The number of allylic oxidation sites excluding steroid dienone is 22. The van der Waals surface area contributed by atoms with E-state index in [1.165, 1.54) is 116 Å². The number of hydrogen-bond donors (Lipinski definition) is 0. The Morgan fingerprint density at radius 3 is 0.778 bits per heavy atom. The van der Waals surface area contributed by atoms with Gasteiger partial charge in [-0.3, -0.25) is 14.4 Å². The molecule has 0 heterocycles. The highest BCUT2D eigenvalue weighted by atomic mass is 16.6. The summed E-state index contributed by atoms with van der Waals surface area (Å²) in [7, 11) is 0. The molecule has 0 aliphatic heterocycles. The van der Waals surface area contributed by atoms with Crippen LogP contribution in [-0.4, -0.2) is 37.2 Å². The molecule has 0 saturated heterocycles. The van der Waals surface area contributed by atoms with Crippen molar-refractivity contribution in [1.29, 1.82) is 0 Å². The van der Waals surface area contributed by atoms with Crippen molar-refractivity contribution >= 4 is 17.9 Å². The molecule has 6 nitrogen and oxygen atoms in total. The molecule has 0 fully saturated rings. The normalized spacial score (nSPS) is 13.0. The van der Waals surface area contributed by atoms with Gasteiger partial charge < -0.3 is 14.2 Å². The largest absolute Gasteiger partial charge is 0.462 e. The minimum atomic E-state index is -0.794. The van der Waals surface area contributed by atoms with Crippen molar-refractivity contribution in [3.8, 4) is 0 Å². The van der Waals surface area contributed by atoms with E-state index in [2.05, 4.69) is 154 Å². The molecular formula is C75H124O6. The topological polar surface area (TPSA) is 78.9 Å². The second-order valence-corrected chi connectivity index (χ2v) is 22.0. The highest BCUT2D eigenvalue weighted by Gasteiger charge is 2.19. The summed E-state index contributed by atoms with van der Waals surface area (Å²) in [6.45, 7) is 6.49. The maximum Gasteiger partial charge on any atom is 0.306 e. The number of carbonyl (C=O) groups excluding carboxylic acids is 3. The first kappa shape index (κ1) is 76.5. The molecule has 0 spiro atoms. The van der Waals surface area contributed by atoms with Crippen molar-refractivity contribution in [3.05, 3.63) is 134 Å². The first-order chi connectivity index (χ1) is 40.0. The van der Waals surface area contributed by atoms with E-state index in [0.717, 1.165) is 148 Å². The van der Waals surface area contributed by atoms with Crippen LogP contribution in [0.2, 0.25) is 0 Å². The third-order valence-electron chi connectivity index (χ3n) is 14.1. The Bertz CT molecular complexity index is 1720. The Hall–Kier alpha value is -4.45. The monoisotopic (exact) mass is 1120 g/mol. The Labute approximate surface area is 500 Å². The molecule has 6 heteroatoms. The van der Waals surface area contributed by atoms with Gasteiger partial charge in [-0.05, 0) is 122 Å². The summed E-state index contributed by atoms with van der Waals surface area (Å²) in [5.41, 5.74) is 0. The van der Waals surface area contributed by atoms with Crippen molar-refractivity contribution in [1.82, 2.24) is 0 Å². The smallest absolute Gasteiger partial charge is 0.306 e. The second-order valence-electron chi connectivity index (χ2n) is 22.0. The lowest BCUT2D eigenvalue weighted by Crippen LogP contribution is -2.30. The van der Waals surface area contributed by atoms with Crippen molar-refractivity contribution in [2.75, 3.05) is 13.2 Å². The lowest BCUT2D eigenvalue weighted by molar-refractivity contribution is -0.167. The van der Waals surface area contributed by atoms with Crippen molar-refractivity contribution in [2.24, 2.45) is 0 Å². The van der Waals surface area contributed by atoms with Crippen LogP contribution in [-0.2, 0) is 28.6 Å². The van der Waals surface area contributed by atoms with E-state index < -0.39 is 6.10 Å². The number of ether oxygens (including phenoxy) is 3. The van der Waals surface area contributed by atoms with E-state index in [1.807, 2.05) is 0 Å². The van der Waals surface area contributed by atoms with Gasteiger partial charge in [0.05, 0.1) is 0 Å². The Morgan fingerprint density at radius 1 is 0.259 bits per heavy atom. The zero-order chi connectivity index (χ0) is 58.5. The first-order valence-electron chi connectivity index (χ1n) is 33.7. The quantitative estimate of drug-likeness (QED) is 0.0261. The van der Waals surface area contributed by atoms with Gasteiger partial charge in [0.2, 0.25) is 0 Å². The zero-order valence-electron chi connectivity index (χ0n) is 52.8. The Kier molecular flexibility index (Phi) is 64.3. The predicted molar refractivity (Wildman–Crippen MR) is 353 cm³/mol. The van der Waals surface area contributed by atoms with Gasteiger partial charge in [-0.1, -0.05) is 296 Å². The number of carbonyl (C=O) groups is 3. The molecule has 0 aromatic rings. The summed E-state index contributed by atoms with van der Waals surface area (Å²) in [6, 6.07) is 0. The van der Waals surface area contributed by atoms with Crippen LogP contribution >= 0.6 is 0 Å². The van der Waals surface area contributed by atoms with Gasteiger partial charge in [0, 0.05) is 19.3 Å². The third kappa shape index (κ3) is 66.2. The van der Waals surface area contributed by atoms with Crippen LogP contribution in [0.15, 0.2) is 134 Å². The van der Waals surface area contributed by atoms with Gasteiger partial charge in [-0.25, -0.2) is 0 Å². The van der Waals surface area contributed by atoms with E-state index >= 15 is 0 Å². The molecule has 0 aliphatic rings. The maximum absolute atomic E-state index is 12.9. The Morgan fingerprint density at radius 2 is 0.481 bits per heavy atom. The molecule has 460 valence electrons. The van der Waals surface area contributed by atoms with Crippen LogP contribution in [0.4, 0.5) is 0 Å². The number of rotatable bonds is 60. The van der Waals surface area contributed by atoms with Gasteiger partial charge in [-0.2, -0.15) is 0 Å².